The van der Waals surface area contributed by atoms with Crippen LogP contribution in [0.3, 0.4) is 0 Å². The normalized spacial score (nSPS) is 24.9. The standard InChI is InChI=1S/C11H9NO2/c13-11-7-2-1-5-9(11)10-6-3-4-8-12(10)14/h1-8,14H/b10-9+. The van der Waals surface area contributed by atoms with Crippen molar-refractivity contribution in [3.8, 4) is 0 Å². The molecular formula is C11H9NO2. The van der Waals surface area contributed by atoms with E-state index in [2.05, 4.69) is 0 Å². The van der Waals surface area contributed by atoms with Gasteiger partial charge in [-0.05, 0) is 24.3 Å². The zero-order valence-corrected chi connectivity index (χ0v) is 7.42. The first kappa shape index (κ1) is 8.72. The maximum atomic E-state index is 11.4. The van der Waals surface area contributed by atoms with E-state index in [4.69, 9.17) is 0 Å². The first-order valence-corrected chi connectivity index (χ1v) is 4.25. The van der Waals surface area contributed by atoms with Crippen molar-refractivity contribution in [3.05, 3.63) is 60.0 Å². The minimum atomic E-state index is -0.0958. The van der Waals surface area contributed by atoms with Crippen molar-refractivity contribution in [2.75, 3.05) is 0 Å². The van der Waals surface area contributed by atoms with Crippen molar-refractivity contribution in [1.29, 1.82) is 0 Å². The number of hydroxylamine groups is 2. The van der Waals surface area contributed by atoms with Crippen LogP contribution in [0.25, 0.3) is 0 Å². The molecule has 0 spiro atoms. The number of hydrogen-bond donors (Lipinski definition) is 1. The van der Waals surface area contributed by atoms with E-state index in [-0.39, 0.29) is 5.78 Å². The molecule has 1 heterocycles. The highest BCUT2D eigenvalue weighted by molar-refractivity contribution is 6.08. The number of rotatable bonds is 0. The van der Waals surface area contributed by atoms with Crippen LogP contribution in [0.2, 0.25) is 0 Å². The van der Waals surface area contributed by atoms with Gasteiger partial charge in [0.2, 0.25) is 0 Å². The number of hydrogen-bond acceptors (Lipinski definition) is 3. The summed E-state index contributed by atoms with van der Waals surface area (Å²) in [6.45, 7) is 0. The molecule has 0 radical (unpaired) electrons. The molecule has 1 aliphatic carbocycles. The third-order valence-corrected chi connectivity index (χ3v) is 2.00. The van der Waals surface area contributed by atoms with Crippen LogP contribution in [0.1, 0.15) is 0 Å². The highest BCUT2D eigenvalue weighted by atomic mass is 16.5. The van der Waals surface area contributed by atoms with Gasteiger partial charge >= 0.3 is 0 Å². The second-order valence-electron chi connectivity index (χ2n) is 2.93. The van der Waals surface area contributed by atoms with E-state index < -0.39 is 0 Å². The van der Waals surface area contributed by atoms with Crippen molar-refractivity contribution in [2.24, 2.45) is 0 Å². The molecule has 0 saturated heterocycles. The Morgan fingerprint density at radius 1 is 1.00 bits per heavy atom. The molecule has 70 valence electrons. The Morgan fingerprint density at radius 3 is 2.43 bits per heavy atom. The lowest BCUT2D eigenvalue weighted by Gasteiger charge is -2.18. The Labute approximate surface area is 81.6 Å². The van der Waals surface area contributed by atoms with E-state index in [9.17, 15) is 10.0 Å². The fraction of sp³-hybridized carbons (Fsp3) is 0. The Hall–Kier alpha value is -1.87. The lowest BCUT2D eigenvalue weighted by molar-refractivity contribution is -0.111. The number of allylic oxidation sites excluding steroid dienone is 8. The Balaban J connectivity index is 2.44. The molecule has 0 saturated carbocycles. The van der Waals surface area contributed by atoms with E-state index in [1.165, 1.54) is 12.3 Å². The maximum Gasteiger partial charge on any atom is 0.188 e. The van der Waals surface area contributed by atoms with Crippen LogP contribution in [0.5, 0.6) is 0 Å². The Bertz CT molecular complexity index is 411. The van der Waals surface area contributed by atoms with Crippen LogP contribution in [0.4, 0.5) is 0 Å². The zero-order chi connectivity index (χ0) is 9.97. The monoisotopic (exact) mass is 187 g/mol. The van der Waals surface area contributed by atoms with Crippen molar-refractivity contribution in [1.82, 2.24) is 5.06 Å². The first-order valence-electron chi connectivity index (χ1n) is 4.25. The molecule has 1 N–H and O–H groups in total. The molecule has 0 fully saturated rings. The van der Waals surface area contributed by atoms with Gasteiger partial charge in [-0.15, -0.1) is 0 Å². The number of ketones is 1. The lowest BCUT2D eigenvalue weighted by Crippen LogP contribution is -2.16. The summed E-state index contributed by atoms with van der Waals surface area (Å²) in [5.74, 6) is -0.0958. The van der Waals surface area contributed by atoms with Crippen molar-refractivity contribution in [3.63, 3.8) is 0 Å². The largest absolute Gasteiger partial charge is 0.289 e. The molecule has 2 rings (SSSR count). The second kappa shape index (κ2) is 3.47. The van der Waals surface area contributed by atoms with Gasteiger partial charge in [0.25, 0.3) is 0 Å². The maximum absolute atomic E-state index is 11.4. The molecule has 0 aromatic carbocycles. The van der Waals surface area contributed by atoms with Gasteiger partial charge < -0.3 is 0 Å². The summed E-state index contributed by atoms with van der Waals surface area (Å²) in [5, 5.41) is 10.4. The van der Waals surface area contributed by atoms with Gasteiger partial charge in [0.15, 0.2) is 5.78 Å². The zero-order valence-electron chi connectivity index (χ0n) is 7.42. The van der Waals surface area contributed by atoms with E-state index in [1.54, 1.807) is 36.5 Å². The highest BCUT2D eigenvalue weighted by Gasteiger charge is 2.14. The Kier molecular flexibility index (Phi) is 2.16. The summed E-state index contributed by atoms with van der Waals surface area (Å²) in [6.07, 6.45) is 13.2. The van der Waals surface area contributed by atoms with Crippen molar-refractivity contribution >= 4 is 5.78 Å². The molecule has 0 bridgehead atoms. The number of nitrogens with zero attached hydrogens (tertiary/aromatic N) is 1. The van der Waals surface area contributed by atoms with Crippen LogP contribution in [-0.4, -0.2) is 16.1 Å². The van der Waals surface area contributed by atoms with Crippen molar-refractivity contribution < 1.29 is 10.0 Å². The third kappa shape index (κ3) is 1.45. The van der Waals surface area contributed by atoms with Gasteiger partial charge in [-0.25, -0.2) is 5.06 Å². The summed E-state index contributed by atoms with van der Waals surface area (Å²) in [4.78, 5) is 11.4. The van der Waals surface area contributed by atoms with Gasteiger partial charge in [0.1, 0.15) is 0 Å². The van der Waals surface area contributed by atoms with Crippen molar-refractivity contribution in [2.45, 2.75) is 0 Å². The molecule has 1 aliphatic heterocycles. The molecule has 0 aromatic rings. The molecule has 0 unspecified atom stereocenters. The minimum Gasteiger partial charge on any atom is -0.289 e. The van der Waals surface area contributed by atoms with E-state index in [1.807, 2.05) is 0 Å². The molecule has 14 heavy (non-hydrogen) atoms. The molecule has 3 nitrogen and oxygen atoms in total. The van der Waals surface area contributed by atoms with Gasteiger partial charge in [0, 0.05) is 11.8 Å². The van der Waals surface area contributed by atoms with Gasteiger partial charge in [-0.2, -0.15) is 0 Å². The smallest absolute Gasteiger partial charge is 0.188 e. The lowest BCUT2D eigenvalue weighted by atomic mass is 10.0. The minimum absolute atomic E-state index is 0.0958. The predicted octanol–water partition coefficient (Wildman–Crippen LogP) is 1.71. The summed E-state index contributed by atoms with van der Waals surface area (Å²) in [5.41, 5.74) is 0.994. The summed E-state index contributed by atoms with van der Waals surface area (Å²) >= 11 is 0. The van der Waals surface area contributed by atoms with Gasteiger partial charge in [-0.1, -0.05) is 18.2 Å². The fourth-order valence-corrected chi connectivity index (χ4v) is 1.33. The van der Waals surface area contributed by atoms with E-state index >= 15 is 0 Å². The molecular weight excluding hydrogens is 178 g/mol. The van der Waals surface area contributed by atoms with Crippen LogP contribution >= 0.6 is 0 Å². The summed E-state index contributed by atoms with van der Waals surface area (Å²) in [7, 11) is 0. The SMILES string of the molecule is O=C1C=CC=C/C1=C1/C=CC=CN1O. The molecule has 2 aliphatic rings. The fourth-order valence-electron chi connectivity index (χ4n) is 1.33. The van der Waals surface area contributed by atoms with Crippen LogP contribution < -0.4 is 0 Å². The molecule has 0 amide bonds. The summed E-state index contributed by atoms with van der Waals surface area (Å²) in [6, 6.07) is 0. The average Bonchev–Trinajstić information content (AvgIpc) is 2.20. The first-order chi connectivity index (χ1) is 6.79. The van der Waals surface area contributed by atoms with E-state index in [0.717, 1.165) is 5.06 Å². The highest BCUT2D eigenvalue weighted by Crippen LogP contribution is 2.18. The second-order valence-corrected chi connectivity index (χ2v) is 2.93. The van der Waals surface area contributed by atoms with Crippen LogP contribution in [0, 0.1) is 0 Å². The number of carbonyl (C=O) groups excluding carboxylic acids is 1. The predicted molar refractivity (Wildman–Crippen MR) is 52.2 cm³/mol. The molecule has 0 atom stereocenters. The average molecular weight is 187 g/mol. The van der Waals surface area contributed by atoms with Crippen LogP contribution in [-0.2, 0) is 4.79 Å². The quantitative estimate of drug-likeness (QED) is 0.587. The molecule has 3 heteroatoms. The van der Waals surface area contributed by atoms with Gasteiger partial charge in [0.05, 0.1) is 5.70 Å². The van der Waals surface area contributed by atoms with Gasteiger partial charge in [-0.3, -0.25) is 10.0 Å². The topological polar surface area (TPSA) is 40.5 Å². The van der Waals surface area contributed by atoms with Crippen LogP contribution in [0.15, 0.2) is 60.0 Å². The summed E-state index contributed by atoms with van der Waals surface area (Å²) < 4.78 is 0. The third-order valence-electron chi connectivity index (χ3n) is 2.00. The molecule has 0 aromatic heterocycles. The van der Waals surface area contributed by atoms with E-state index in [0.29, 0.717) is 11.3 Å². The number of carbonyl (C=O) groups is 1. The Morgan fingerprint density at radius 2 is 1.71 bits per heavy atom.